The van der Waals surface area contributed by atoms with Gasteiger partial charge in [-0.1, -0.05) is 11.6 Å². The van der Waals surface area contributed by atoms with Gasteiger partial charge in [-0.05, 0) is 36.4 Å². The van der Waals surface area contributed by atoms with Crippen molar-refractivity contribution in [1.82, 2.24) is 0 Å². The summed E-state index contributed by atoms with van der Waals surface area (Å²) >= 11 is 5.80. The lowest BCUT2D eigenvalue weighted by Crippen LogP contribution is -2.14. The molecule has 2 aromatic rings. The van der Waals surface area contributed by atoms with Crippen LogP contribution in [0.4, 0.5) is 20.2 Å². The Morgan fingerprint density at radius 2 is 1.81 bits per heavy atom. The number of rotatable bonds is 7. The molecule has 146 valence electrons. The van der Waals surface area contributed by atoms with Crippen molar-refractivity contribution in [2.45, 2.75) is 18.4 Å². The molecule has 0 aliphatic rings. The SMILES string of the molecule is COc1ccc(NC(C)=O)cc1NS(=O)(=O)c1ccc(OC(F)F)c(Cl)c1. The second-order valence-corrected chi connectivity index (χ2v) is 7.26. The van der Waals surface area contributed by atoms with E-state index in [1.54, 1.807) is 0 Å². The number of ether oxygens (including phenoxy) is 2. The van der Waals surface area contributed by atoms with E-state index in [1.807, 2.05) is 0 Å². The maximum atomic E-state index is 12.6. The highest BCUT2D eigenvalue weighted by atomic mass is 35.5. The molecule has 0 aliphatic carbocycles. The number of nitrogens with one attached hydrogen (secondary N) is 2. The molecule has 2 rings (SSSR count). The van der Waals surface area contributed by atoms with Crippen molar-refractivity contribution < 1.29 is 31.5 Å². The number of methoxy groups -OCH3 is 1. The van der Waals surface area contributed by atoms with Gasteiger partial charge >= 0.3 is 6.61 Å². The monoisotopic (exact) mass is 420 g/mol. The molecule has 11 heteroatoms. The van der Waals surface area contributed by atoms with Crippen LogP contribution in [0.1, 0.15) is 6.92 Å². The third-order valence-corrected chi connectivity index (χ3v) is 4.85. The molecule has 0 bridgehead atoms. The summed E-state index contributed by atoms with van der Waals surface area (Å²) in [7, 11) is -2.78. The fourth-order valence-corrected chi connectivity index (χ4v) is 3.49. The molecule has 1 amide bonds. The lowest BCUT2D eigenvalue weighted by Gasteiger charge is -2.14. The van der Waals surface area contributed by atoms with Gasteiger partial charge in [-0.15, -0.1) is 0 Å². The van der Waals surface area contributed by atoms with Gasteiger partial charge in [0.05, 0.1) is 22.7 Å². The second-order valence-electron chi connectivity index (χ2n) is 5.17. The minimum absolute atomic E-state index is 0.0628. The predicted molar refractivity (Wildman–Crippen MR) is 96.2 cm³/mol. The van der Waals surface area contributed by atoms with Gasteiger partial charge in [-0.2, -0.15) is 8.78 Å². The number of halogens is 3. The molecule has 27 heavy (non-hydrogen) atoms. The summed E-state index contributed by atoms with van der Waals surface area (Å²) in [6.45, 7) is -1.79. The van der Waals surface area contributed by atoms with Crippen molar-refractivity contribution in [3.8, 4) is 11.5 Å². The molecule has 0 aromatic heterocycles. The second kappa shape index (κ2) is 8.40. The Balaban J connectivity index is 2.35. The Hall–Kier alpha value is -2.59. The van der Waals surface area contributed by atoms with Crippen LogP contribution in [0.15, 0.2) is 41.3 Å². The molecule has 0 unspecified atom stereocenters. The van der Waals surface area contributed by atoms with Crippen LogP contribution in [-0.2, 0) is 14.8 Å². The standard InChI is InChI=1S/C16H15ClF2N2O5S/c1-9(22)20-10-3-5-15(25-2)13(7-10)21-27(23,24)11-4-6-14(12(17)8-11)26-16(18)19/h3-8,16,21H,1-2H3,(H,20,22). The van der Waals surface area contributed by atoms with Gasteiger partial charge in [-0.3, -0.25) is 9.52 Å². The van der Waals surface area contributed by atoms with Crippen LogP contribution in [0.2, 0.25) is 5.02 Å². The van der Waals surface area contributed by atoms with Crippen molar-refractivity contribution in [1.29, 1.82) is 0 Å². The predicted octanol–water partition coefficient (Wildman–Crippen LogP) is 3.71. The first kappa shape index (κ1) is 20.7. The Kier molecular flexibility index (Phi) is 6.45. The Morgan fingerprint density at radius 1 is 1.15 bits per heavy atom. The molecule has 0 aliphatic heterocycles. The molecule has 0 saturated carbocycles. The zero-order valence-corrected chi connectivity index (χ0v) is 15.7. The number of alkyl halides is 2. The number of benzene rings is 2. The Morgan fingerprint density at radius 3 is 2.37 bits per heavy atom. The molecule has 2 N–H and O–H groups in total. The van der Waals surface area contributed by atoms with Gasteiger partial charge in [0.25, 0.3) is 10.0 Å². The quantitative estimate of drug-likeness (QED) is 0.712. The fourth-order valence-electron chi connectivity index (χ4n) is 2.11. The van der Waals surface area contributed by atoms with Gasteiger partial charge in [0, 0.05) is 12.6 Å². The molecule has 0 atom stereocenters. The van der Waals surface area contributed by atoms with Crippen molar-refractivity contribution >= 4 is 38.9 Å². The number of hydrogen-bond acceptors (Lipinski definition) is 5. The maximum Gasteiger partial charge on any atom is 0.387 e. The number of carbonyl (C=O) groups is 1. The first-order valence-corrected chi connectivity index (χ1v) is 9.21. The average Bonchev–Trinajstić information content (AvgIpc) is 2.55. The largest absolute Gasteiger partial charge is 0.495 e. The maximum absolute atomic E-state index is 12.6. The van der Waals surface area contributed by atoms with E-state index in [0.29, 0.717) is 5.69 Å². The van der Waals surface area contributed by atoms with E-state index in [1.165, 1.54) is 32.2 Å². The summed E-state index contributed by atoms with van der Waals surface area (Å²) in [5.41, 5.74) is 0.410. The van der Waals surface area contributed by atoms with Crippen LogP contribution in [0.3, 0.4) is 0 Å². The molecule has 0 spiro atoms. The summed E-state index contributed by atoms with van der Waals surface area (Å²) in [6, 6.07) is 7.44. The van der Waals surface area contributed by atoms with Gasteiger partial charge < -0.3 is 14.8 Å². The van der Waals surface area contributed by atoms with Gasteiger partial charge in [-0.25, -0.2) is 8.42 Å². The van der Waals surface area contributed by atoms with Gasteiger partial charge in [0.2, 0.25) is 5.91 Å². The zero-order valence-electron chi connectivity index (χ0n) is 14.1. The van der Waals surface area contributed by atoms with Crippen LogP contribution < -0.4 is 19.5 Å². The third-order valence-electron chi connectivity index (χ3n) is 3.19. The summed E-state index contributed by atoms with van der Waals surface area (Å²) in [4.78, 5) is 10.9. The van der Waals surface area contributed by atoms with Crippen molar-refractivity contribution in [2.24, 2.45) is 0 Å². The number of sulfonamides is 1. The van der Waals surface area contributed by atoms with Crippen LogP contribution in [0, 0.1) is 0 Å². The molecule has 0 fully saturated rings. The van der Waals surface area contributed by atoms with E-state index in [-0.39, 0.29) is 33.0 Å². The Bertz CT molecular complexity index is 954. The van der Waals surface area contributed by atoms with E-state index in [9.17, 15) is 22.0 Å². The van der Waals surface area contributed by atoms with E-state index in [4.69, 9.17) is 16.3 Å². The van der Waals surface area contributed by atoms with Crippen molar-refractivity contribution in [3.05, 3.63) is 41.4 Å². The van der Waals surface area contributed by atoms with Crippen LogP contribution in [-0.4, -0.2) is 28.0 Å². The average molecular weight is 421 g/mol. The number of amides is 1. The van der Waals surface area contributed by atoms with Crippen LogP contribution >= 0.6 is 11.6 Å². The van der Waals surface area contributed by atoms with Gasteiger partial charge in [0.15, 0.2) is 0 Å². The number of hydrogen-bond donors (Lipinski definition) is 2. The summed E-state index contributed by atoms with van der Waals surface area (Å²) in [5, 5.41) is 2.22. The fraction of sp³-hybridized carbons (Fsp3) is 0.188. The highest BCUT2D eigenvalue weighted by Crippen LogP contribution is 2.32. The lowest BCUT2D eigenvalue weighted by atomic mass is 10.2. The van der Waals surface area contributed by atoms with E-state index in [0.717, 1.165) is 18.2 Å². The summed E-state index contributed by atoms with van der Waals surface area (Å²) < 4.78 is 61.3. The number of anilines is 2. The highest BCUT2D eigenvalue weighted by Gasteiger charge is 2.19. The van der Waals surface area contributed by atoms with Crippen molar-refractivity contribution in [2.75, 3.05) is 17.1 Å². The zero-order chi connectivity index (χ0) is 20.2. The van der Waals surface area contributed by atoms with Crippen LogP contribution in [0.25, 0.3) is 0 Å². The molecule has 0 heterocycles. The minimum Gasteiger partial charge on any atom is -0.495 e. The lowest BCUT2D eigenvalue weighted by molar-refractivity contribution is -0.114. The molecule has 2 aromatic carbocycles. The third kappa shape index (κ3) is 5.44. The van der Waals surface area contributed by atoms with Gasteiger partial charge in [0.1, 0.15) is 11.5 Å². The van der Waals surface area contributed by atoms with Crippen molar-refractivity contribution in [3.63, 3.8) is 0 Å². The molecule has 0 saturated heterocycles. The topological polar surface area (TPSA) is 93.7 Å². The first-order valence-electron chi connectivity index (χ1n) is 7.35. The number of carbonyl (C=O) groups excluding carboxylic acids is 1. The van der Waals surface area contributed by atoms with E-state index >= 15 is 0 Å². The molecule has 0 radical (unpaired) electrons. The van der Waals surface area contributed by atoms with Crippen LogP contribution in [0.5, 0.6) is 11.5 Å². The molecule has 7 nitrogen and oxygen atoms in total. The normalized spacial score (nSPS) is 11.2. The van der Waals surface area contributed by atoms with E-state index in [2.05, 4.69) is 14.8 Å². The first-order chi connectivity index (χ1) is 12.6. The van der Waals surface area contributed by atoms with E-state index < -0.39 is 16.6 Å². The molecular weight excluding hydrogens is 406 g/mol. The molecular formula is C16H15ClF2N2O5S. The highest BCUT2D eigenvalue weighted by molar-refractivity contribution is 7.92. The summed E-state index contributed by atoms with van der Waals surface area (Å²) in [6.07, 6.45) is 0. The summed E-state index contributed by atoms with van der Waals surface area (Å²) in [5.74, 6) is -0.484. The smallest absolute Gasteiger partial charge is 0.387 e. The minimum atomic E-state index is -4.13. The Labute approximate surface area is 159 Å².